The molecule has 2 aromatic carbocycles. The van der Waals surface area contributed by atoms with Crippen LogP contribution in [-0.2, 0) is 22.4 Å². The predicted molar refractivity (Wildman–Crippen MR) is 121 cm³/mol. The van der Waals surface area contributed by atoms with E-state index < -0.39 is 0 Å². The molecule has 0 unspecified atom stereocenters. The second-order valence-corrected chi connectivity index (χ2v) is 8.86. The Morgan fingerprint density at radius 3 is 2.61 bits per heavy atom. The summed E-state index contributed by atoms with van der Waals surface area (Å²) in [4.78, 5) is 43.8. The standard InChI is InChI=1S/C24H23N3O3S/c1-2-15-7-9-16(10-8-15)23-22-18(17-5-3-4-6-19(17)25-22)11-12-26(23)20(28)13-27-21(29)14-31-24(27)30/h3-10,23,25H,2,11-14H2,1H3/t23-/m0/s1. The van der Waals surface area contributed by atoms with Crippen molar-refractivity contribution in [1.29, 1.82) is 0 Å². The Labute approximate surface area is 184 Å². The van der Waals surface area contributed by atoms with Crippen molar-refractivity contribution in [2.24, 2.45) is 0 Å². The van der Waals surface area contributed by atoms with Crippen LogP contribution < -0.4 is 0 Å². The molecule has 3 aromatic rings. The number of nitrogens with one attached hydrogen (secondary N) is 1. The highest BCUT2D eigenvalue weighted by molar-refractivity contribution is 8.14. The lowest BCUT2D eigenvalue weighted by Crippen LogP contribution is -2.46. The van der Waals surface area contributed by atoms with E-state index in [1.54, 1.807) is 0 Å². The summed E-state index contributed by atoms with van der Waals surface area (Å²) in [5.74, 6) is -0.395. The molecule has 1 atom stereocenters. The number of benzene rings is 2. The van der Waals surface area contributed by atoms with E-state index in [-0.39, 0.29) is 35.4 Å². The summed E-state index contributed by atoms with van der Waals surface area (Å²) in [5.41, 5.74) is 5.55. The summed E-state index contributed by atoms with van der Waals surface area (Å²) in [5, 5.41) is 0.839. The first-order valence-corrected chi connectivity index (χ1v) is 11.5. The number of nitrogens with zero attached hydrogens (tertiary/aromatic N) is 2. The monoisotopic (exact) mass is 433 g/mol. The molecule has 6 nitrogen and oxygen atoms in total. The average Bonchev–Trinajstić information content (AvgIpc) is 3.33. The van der Waals surface area contributed by atoms with Crippen LogP contribution in [0, 0.1) is 0 Å². The fourth-order valence-corrected chi connectivity index (χ4v) is 5.28. The number of hydrogen-bond donors (Lipinski definition) is 1. The van der Waals surface area contributed by atoms with E-state index in [9.17, 15) is 14.4 Å². The van der Waals surface area contributed by atoms with E-state index in [1.165, 1.54) is 16.5 Å². The van der Waals surface area contributed by atoms with Crippen LogP contribution in [0.15, 0.2) is 48.5 Å². The molecule has 0 spiro atoms. The molecule has 1 fully saturated rings. The minimum absolute atomic E-state index is 0.111. The highest BCUT2D eigenvalue weighted by Gasteiger charge is 2.38. The van der Waals surface area contributed by atoms with E-state index in [0.717, 1.165) is 46.3 Å². The number of thioether (sulfide) groups is 1. The lowest BCUT2D eigenvalue weighted by Gasteiger charge is -2.37. The van der Waals surface area contributed by atoms with E-state index in [1.807, 2.05) is 17.0 Å². The second kappa shape index (κ2) is 7.89. The van der Waals surface area contributed by atoms with Gasteiger partial charge in [0.05, 0.1) is 11.8 Å². The molecule has 1 aromatic heterocycles. The molecule has 2 aliphatic rings. The fourth-order valence-electron chi connectivity index (χ4n) is 4.55. The normalized spacial score (nSPS) is 18.7. The molecule has 3 amide bonds. The third-order valence-electron chi connectivity index (χ3n) is 6.19. The number of aromatic amines is 1. The SMILES string of the molecule is CCc1ccc([C@H]2c3[nH]c4ccccc4c3CCN2C(=O)CN2C(=O)CSC2=O)cc1. The van der Waals surface area contributed by atoms with Gasteiger partial charge in [0.15, 0.2) is 0 Å². The number of rotatable bonds is 4. The van der Waals surface area contributed by atoms with Gasteiger partial charge < -0.3 is 9.88 Å². The second-order valence-electron chi connectivity index (χ2n) is 7.93. The summed E-state index contributed by atoms with van der Waals surface area (Å²) in [7, 11) is 0. The number of para-hydroxylation sites is 1. The van der Waals surface area contributed by atoms with Crippen molar-refractivity contribution in [2.45, 2.75) is 25.8 Å². The molecule has 0 bridgehead atoms. The largest absolute Gasteiger partial charge is 0.356 e. The topological polar surface area (TPSA) is 73.5 Å². The van der Waals surface area contributed by atoms with Crippen LogP contribution in [-0.4, -0.2) is 50.7 Å². The van der Waals surface area contributed by atoms with Crippen molar-refractivity contribution < 1.29 is 14.4 Å². The maximum Gasteiger partial charge on any atom is 0.289 e. The first-order chi connectivity index (χ1) is 15.1. The van der Waals surface area contributed by atoms with Gasteiger partial charge in [-0.15, -0.1) is 0 Å². The zero-order chi connectivity index (χ0) is 21.5. The minimum atomic E-state index is -0.342. The highest BCUT2D eigenvalue weighted by Crippen LogP contribution is 2.38. The molecule has 31 heavy (non-hydrogen) atoms. The number of aromatic nitrogens is 1. The molecule has 1 saturated heterocycles. The highest BCUT2D eigenvalue weighted by atomic mass is 32.2. The Morgan fingerprint density at radius 2 is 1.90 bits per heavy atom. The van der Waals surface area contributed by atoms with Crippen LogP contribution in [0.4, 0.5) is 4.79 Å². The summed E-state index contributed by atoms with van der Waals surface area (Å²) < 4.78 is 0. The average molecular weight is 434 g/mol. The molecule has 3 heterocycles. The molecule has 0 saturated carbocycles. The van der Waals surface area contributed by atoms with Gasteiger partial charge in [0.2, 0.25) is 11.8 Å². The van der Waals surface area contributed by atoms with E-state index in [0.29, 0.717) is 6.54 Å². The van der Waals surface area contributed by atoms with Crippen LogP contribution in [0.2, 0.25) is 0 Å². The van der Waals surface area contributed by atoms with E-state index >= 15 is 0 Å². The Hall–Kier alpha value is -3.06. The Morgan fingerprint density at radius 1 is 1.13 bits per heavy atom. The lowest BCUT2D eigenvalue weighted by molar-refractivity contribution is -0.138. The van der Waals surface area contributed by atoms with Gasteiger partial charge in [-0.2, -0.15) is 0 Å². The quantitative estimate of drug-likeness (QED) is 0.677. The molecule has 158 valence electrons. The van der Waals surface area contributed by atoms with Gasteiger partial charge in [0.25, 0.3) is 5.24 Å². The minimum Gasteiger partial charge on any atom is -0.356 e. The van der Waals surface area contributed by atoms with Crippen molar-refractivity contribution in [2.75, 3.05) is 18.8 Å². The Bertz CT molecular complexity index is 1170. The van der Waals surface area contributed by atoms with Crippen LogP contribution in [0.25, 0.3) is 10.9 Å². The summed E-state index contributed by atoms with van der Waals surface area (Å²) in [6.07, 6.45) is 1.67. The molecule has 1 N–H and O–H groups in total. The van der Waals surface area contributed by atoms with Crippen molar-refractivity contribution in [1.82, 2.24) is 14.8 Å². The van der Waals surface area contributed by atoms with Crippen LogP contribution in [0.1, 0.15) is 35.3 Å². The maximum absolute atomic E-state index is 13.3. The molecule has 0 radical (unpaired) electrons. The number of carbonyl (C=O) groups is 3. The smallest absolute Gasteiger partial charge is 0.289 e. The van der Waals surface area contributed by atoms with E-state index in [4.69, 9.17) is 0 Å². The first kappa shape index (κ1) is 19.9. The third-order valence-corrected chi connectivity index (χ3v) is 7.05. The van der Waals surface area contributed by atoms with Crippen molar-refractivity contribution in [3.05, 3.63) is 70.9 Å². The van der Waals surface area contributed by atoms with Gasteiger partial charge >= 0.3 is 0 Å². The van der Waals surface area contributed by atoms with Crippen LogP contribution in [0.3, 0.4) is 0 Å². The van der Waals surface area contributed by atoms with Gasteiger partial charge in [-0.3, -0.25) is 19.3 Å². The number of imide groups is 1. The van der Waals surface area contributed by atoms with Crippen LogP contribution >= 0.6 is 11.8 Å². The van der Waals surface area contributed by atoms with Crippen molar-refractivity contribution in [3.8, 4) is 0 Å². The molecule has 2 aliphatic heterocycles. The van der Waals surface area contributed by atoms with Crippen LogP contribution in [0.5, 0.6) is 0 Å². The number of aryl methyl sites for hydroxylation is 1. The number of hydrogen-bond acceptors (Lipinski definition) is 4. The number of fused-ring (bicyclic) bond motifs is 3. The molecule has 5 rings (SSSR count). The number of amides is 3. The van der Waals surface area contributed by atoms with Gasteiger partial charge in [0, 0.05) is 23.1 Å². The van der Waals surface area contributed by atoms with Gasteiger partial charge in [-0.1, -0.05) is 61.2 Å². The van der Waals surface area contributed by atoms with Gasteiger partial charge in [-0.05, 0) is 35.6 Å². The zero-order valence-corrected chi connectivity index (χ0v) is 18.1. The maximum atomic E-state index is 13.3. The summed E-state index contributed by atoms with van der Waals surface area (Å²) >= 11 is 0.955. The predicted octanol–water partition coefficient (Wildman–Crippen LogP) is 3.90. The van der Waals surface area contributed by atoms with Gasteiger partial charge in [0.1, 0.15) is 6.54 Å². The Kier molecular flexibility index (Phi) is 5.06. The molecular weight excluding hydrogens is 410 g/mol. The Balaban J connectivity index is 1.55. The van der Waals surface area contributed by atoms with Crippen molar-refractivity contribution in [3.63, 3.8) is 0 Å². The number of carbonyl (C=O) groups excluding carboxylic acids is 3. The number of H-pyrrole nitrogens is 1. The zero-order valence-electron chi connectivity index (χ0n) is 17.3. The lowest BCUT2D eigenvalue weighted by atomic mass is 9.91. The fraction of sp³-hybridized carbons (Fsp3) is 0.292. The summed E-state index contributed by atoms with van der Waals surface area (Å²) in [6, 6.07) is 16.3. The van der Waals surface area contributed by atoms with Crippen molar-refractivity contribution >= 4 is 39.7 Å². The first-order valence-electron chi connectivity index (χ1n) is 10.5. The third kappa shape index (κ3) is 3.43. The molecule has 0 aliphatic carbocycles. The molecular formula is C24H23N3O3S. The molecule has 7 heteroatoms. The van der Waals surface area contributed by atoms with Gasteiger partial charge in [-0.25, -0.2) is 0 Å². The van der Waals surface area contributed by atoms with E-state index in [2.05, 4.69) is 48.3 Å². The summed E-state index contributed by atoms with van der Waals surface area (Å²) in [6.45, 7) is 2.45.